The van der Waals surface area contributed by atoms with E-state index < -0.39 is 0 Å². The lowest BCUT2D eigenvalue weighted by atomic mass is 9.71. The Balaban J connectivity index is 1.72. The standard InChI is InChI=1S/C22H42N2O/c1-4-7-9-20(6-3)19-23-15-11-22(12-16-23)13-17-24(18-14-22)21(25)10-8-5-2/h20H,4-19H2,1-3H3. The summed E-state index contributed by atoms with van der Waals surface area (Å²) in [6.45, 7) is 12.7. The van der Waals surface area contributed by atoms with Gasteiger partial charge in [0.2, 0.25) is 5.91 Å². The molecule has 3 nitrogen and oxygen atoms in total. The van der Waals surface area contributed by atoms with Gasteiger partial charge in [-0.25, -0.2) is 0 Å². The Hall–Kier alpha value is -0.570. The monoisotopic (exact) mass is 350 g/mol. The van der Waals surface area contributed by atoms with E-state index in [4.69, 9.17) is 0 Å². The molecule has 2 fully saturated rings. The third-order valence-electron chi connectivity index (χ3n) is 6.90. The van der Waals surface area contributed by atoms with Gasteiger partial charge < -0.3 is 9.80 Å². The highest BCUT2D eigenvalue weighted by molar-refractivity contribution is 5.76. The van der Waals surface area contributed by atoms with E-state index in [1.165, 1.54) is 71.0 Å². The molecule has 146 valence electrons. The van der Waals surface area contributed by atoms with Crippen LogP contribution in [0.25, 0.3) is 0 Å². The first-order valence-electron chi connectivity index (χ1n) is 11.1. The number of hydrogen-bond acceptors (Lipinski definition) is 2. The fourth-order valence-electron chi connectivity index (χ4n) is 4.71. The maximum atomic E-state index is 12.2. The van der Waals surface area contributed by atoms with Gasteiger partial charge in [-0.15, -0.1) is 0 Å². The summed E-state index contributed by atoms with van der Waals surface area (Å²) < 4.78 is 0. The molecule has 25 heavy (non-hydrogen) atoms. The Morgan fingerprint density at radius 2 is 1.52 bits per heavy atom. The maximum Gasteiger partial charge on any atom is 0.222 e. The number of piperidine rings is 2. The normalized spacial score (nSPS) is 22.3. The molecule has 1 atom stereocenters. The molecule has 3 heteroatoms. The predicted molar refractivity (Wildman–Crippen MR) is 107 cm³/mol. The van der Waals surface area contributed by atoms with Crippen LogP contribution in [0.5, 0.6) is 0 Å². The fraction of sp³-hybridized carbons (Fsp3) is 0.955. The van der Waals surface area contributed by atoms with E-state index >= 15 is 0 Å². The lowest BCUT2D eigenvalue weighted by Crippen LogP contribution is -2.48. The number of likely N-dealkylation sites (tertiary alicyclic amines) is 2. The van der Waals surface area contributed by atoms with E-state index in [1.807, 2.05) is 0 Å². The summed E-state index contributed by atoms with van der Waals surface area (Å²) in [5.74, 6) is 1.29. The number of nitrogens with zero attached hydrogens (tertiary/aromatic N) is 2. The predicted octanol–water partition coefficient (Wildman–Crippen LogP) is 5.10. The van der Waals surface area contributed by atoms with Crippen LogP contribution in [0.4, 0.5) is 0 Å². The minimum absolute atomic E-state index is 0.399. The second-order valence-electron chi connectivity index (χ2n) is 8.70. The van der Waals surface area contributed by atoms with Crippen molar-refractivity contribution in [3.05, 3.63) is 0 Å². The van der Waals surface area contributed by atoms with Crippen LogP contribution in [-0.4, -0.2) is 48.4 Å². The molecule has 0 aromatic heterocycles. The van der Waals surface area contributed by atoms with Crippen LogP contribution in [0.15, 0.2) is 0 Å². The van der Waals surface area contributed by atoms with Crippen molar-refractivity contribution in [3.63, 3.8) is 0 Å². The molecule has 1 spiro atoms. The number of amides is 1. The second kappa shape index (κ2) is 10.5. The van der Waals surface area contributed by atoms with Crippen LogP contribution in [0.1, 0.15) is 91.4 Å². The average molecular weight is 351 g/mol. The fourth-order valence-corrected chi connectivity index (χ4v) is 4.71. The quantitative estimate of drug-likeness (QED) is 0.578. The number of unbranched alkanes of at least 4 members (excludes halogenated alkanes) is 2. The van der Waals surface area contributed by atoms with Crippen molar-refractivity contribution in [1.29, 1.82) is 0 Å². The zero-order chi connectivity index (χ0) is 18.1. The van der Waals surface area contributed by atoms with Crippen LogP contribution in [-0.2, 0) is 4.79 Å². The summed E-state index contributed by atoms with van der Waals surface area (Å²) >= 11 is 0. The molecule has 2 aliphatic heterocycles. The van der Waals surface area contributed by atoms with E-state index in [0.29, 0.717) is 11.3 Å². The van der Waals surface area contributed by atoms with Crippen LogP contribution >= 0.6 is 0 Å². The van der Waals surface area contributed by atoms with Gasteiger partial charge >= 0.3 is 0 Å². The van der Waals surface area contributed by atoms with Crippen LogP contribution in [0, 0.1) is 11.3 Å². The van der Waals surface area contributed by atoms with Gasteiger partial charge in [0, 0.05) is 26.1 Å². The maximum absolute atomic E-state index is 12.2. The zero-order valence-electron chi connectivity index (χ0n) is 17.2. The Morgan fingerprint density at radius 1 is 0.920 bits per heavy atom. The van der Waals surface area contributed by atoms with Crippen LogP contribution < -0.4 is 0 Å². The lowest BCUT2D eigenvalue weighted by molar-refractivity contribution is -0.134. The van der Waals surface area contributed by atoms with Gasteiger partial charge in [0.05, 0.1) is 0 Å². The van der Waals surface area contributed by atoms with Gasteiger partial charge in [-0.1, -0.05) is 46.5 Å². The number of rotatable bonds is 9. The van der Waals surface area contributed by atoms with Gasteiger partial charge in [-0.05, 0) is 62.9 Å². The van der Waals surface area contributed by atoms with Crippen LogP contribution in [0.2, 0.25) is 0 Å². The number of hydrogen-bond donors (Lipinski definition) is 0. The minimum Gasteiger partial charge on any atom is -0.343 e. The van der Waals surface area contributed by atoms with Crippen molar-refractivity contribution < 1.29 is 4.79 Å². The average Bonchev–Trinajstić information content (AvgIpc) is 2.65. The van der Waals surface area contributed by atoms with E-state index in [-0.39, 0.29) is 0 Å². The molecule has 2 aliphatic rings. The molecule has 0 N–H and O–H groups in total. The Morgan fingerprint density at radius 3 is 2.08 bits per heavy atom. The van der Waals surface area contributed by atoms with Crippen molar-refractivity contribution in [2.45, 2.75) is 91.4 Å². The summed E-state index contributed by atoms with van der Waals surface area (Å²) in [6, 6.07) is 0. The van der Waals surface area contributed by atoms with Gasteiger partial charge in [0.25, 0.3) is 0 Å². The molecule has 2 saturated heterocycles. The highest BCUT2D eigenvalue weighted by atomic mass is 16.2. The first-order valence-corrected chi connectivity index (χ1v) is 11.1. The van der Waals surface area contributed by atoms with Gasteiger partial charge in [-0.2, -0.15) is 0 Å². The second-order valence-corrected chi connectivity index (χ2v) is 8.70. The SMILES string of the molecule is CCCCC(=O)N1CCC2(CCN(CC(CC)CCCC)CC2)CC1. The molecule has 1 amide bonds. The van der Waals surface area contributed by atoms with Gasteiger partial charge in [-0.3, -0.25) is 4.79 Å². The summed E-state index contributed by atoms with van der Waals surface area (Å²) in [5.41, 5.74) is 0.545. The highest BCUT2D eigenvalue weighted by Crippen LogP contribution is 2.41. The number of carbonyl (C=O) groups excluding carboxylic acids is 1. The topological polar surface area (TPSA) is 23.6 Å². The smallest absolute Gasteiger partial charge is 0.222 e. The van der Waals surface area contributed by atoms with Crippen molar-refractivity contribution >= 4 is 5.91 Å². The van der Waals surface area contributed by atoms with Crippen molar-refractivity contribution in [1.82, 2.24) is 9.80 Å². The molecule has 0 radical (unpaired) electrons. The van der Waals surface area contributed by atoms with Crippen molar-refractivity contribution in [2.75, 3.05) is 32.7 Å². The lowest BCUT2D eigenvalue weighted by Gasteiger charge is -2.47. The molecule has 0 aromatic rings. The van der Waals surface area contributed by atoms with E-state index in [9.17, 15) is 4.79 Å². The van der Waals surface area contributed by atoms with E-state index in [1.54, 1.807) is 0 Å². The summed E-state index contributed by atoms with van der Waals surface area (Å²) in [7, 11) is 0. The number of carbonyl (C=O) groups is 1. The van der Waals surface area contributed by atoms with Gasteiger partial charge in [0.1, 0.15) is 0 Å². The Labute approximate surface area is 156 Å². The van der Waals surface area contributed by atoms with E-state index in [0.717, 1.165) is 38.3 Å². The first kappa shape index (κ1) is 20.7. The Kier molecular flexibility index (Phi) is 8.75. The molecular weight excluding hydrogens is 308 g/mol. The molecule has 0 bridgehead atoms. The highest BCUT2D eigenvalue weighted by Gasteiger charge is 2.38. The molecule has 0 saturated carbocycles. The molecule has 1 unspecified atom stereocenters. The molecule has 2 heterocycles. The molecular formula is C22H42N2O. The van der Waals surface area contributed by atoms with Gasteiger partial charge in [0.15, 0.2) is 0 Å². The summed E-state index contributed by atoms with van der Waals surface area (Å²) in [4.78, 5) is 17.1. The van der Waals surface area contributed by atoms with Crippen molar-refractivity contribution in [3.8, 4) is 0 Å². The van der Waals surface area contributed by atoms with E-state index in [2.05, 4.69) is 30.6 Å². The first-order chi connectivity index (χ1) is 12.1. The zero-order valence-corrected chi connectivity index (χ0v) is 17.2. The third-order valence-corrected chi connectivity index (χ3v) is 6.90. The van der Waals surface area contributed by atoms with Crippen molar-refractivity contribution in [2.24, 2.45) is 11.3 Å². The molecule has 0 aromatic carbocycles. The molecule has 0 aliphatic carbocycles. The largest absolute Gasteiger partial charge is 0.343 e. The summed E-state index contributed by atoms with van der Waals surface area (Å²) in [5, 5.41) is 0. The Bertz CT molecular complexity index is 377. The van der Waals surface area contributed by atoms with Crippen LogP contribution in [0.3, 0.4) is 0 Å². The minimum atomic E-state index is 0.399. The third kappa shape index (κ3) is 6.27. The molecule has 2 rings (SSSR count). The summed E-state index contributed by atoms with van der Waals surface area (Å²) in [6.07, 6.45) is 13.6.